The molecule has 0 bridgehead atoms. The van der Waals surface area contributed by atoms with Crippen LogP contribution in [0.15, 0.2) is 24.4 Å². The number of nitrogens with zero attached hydrogens (tertiary/aromatic N) is 4. The molecule has 1 N–H and O–H groups in total. The molecule has 2 aliphatic rings. The van der Waals surface area contributed by atoms with Gasteiger partial charge in [0.05, 0.1) is 29.4 Å². The smallest absolute Gasteiger partial charge is 0.251 e. The van der Waals surface area contributed by atoms with E-state index in [4.69, 9.17) is 19.8 Å². The van der Waals surface area contributed by atoms with Crippen LogP contribution in [0.3, 0.4) is 0 Å². The Bertz CT molecular complexity index is 1080. The highest BCUT2D eigenvalue weighted by atomic mass is 16.5. The Morgan fingerprint density at radius 3 is 2.77 bits per heavy atom. The average Bonchev–Trinajstić information content (AvgIpc) is 3.21. The largest absolute Gasteiger partial charge is 0.381 e. The number of anilines is 1. The molecule has 0 radical (unpaired) electrons. The molecule has 0 saturated heterocycles. The summed E-state index contributed by atoms with van der Waals surface area (Å²) in [5, 5.41) is 7.85. The van der Waals surface area contributed by atoms with Crippen LogP contribution < -0.4 is 5.32 Å². The summed E-state index contributed by atoms with van der Waals surface area (Å²) >= 11 is 0. The van der Waals surface area contributed by atoms with Crippen LogP contribution in [0.1, 0.15) is 55.5 Å². The normalized spacial score (nSPS) is 21.1. The van der Waals surface area contributed by atoms with Gasteiger partial charge in [0.15, 0.2) is 0 Å². The second-order valence-corrected chi connectivity index (χ2v) is 8.82. The van der Waals surface area contributed by atoms with E-state index in [0.29, 0.717) is 5.78 Å². The van der Waals surface area contributed by atoms with Gasteiger partial charge in [-0.1, -0.05) is 12.5 Å². The number of rotatable bonds is 4. The van der Waals surface area contributed by atoms with Crippen molar-refractivity contribution in [1.29, 1.82) is 0 Å². The number of carbonyl (C=O) groups is 1. The Hall–Kier alpha value is -2.80. The summed E-state index contributed by atoms with van der Waals surface area (Å²) in [6.07, 6.45) is 10.3. The van der Waals surface area contributed by atoms with Crippen molar-refractivity contribution in [2.45, 2.75) is 64.4 Å². The maximum atomic E-state index is 12.8. The quantitative estimate of drug-likeness (QED) is 0.688. The molecule has 3 aromatic rings. The van der Waals surface area contributed by atoms with E-state index in [2.05, 4.69) is 11.4 Å². The number of aromatic nitrogens is 4. The molecule has 1 saturated carbocycles. The highest BCUT2D eigenvalue weighted by Gasteiger charge is 2.27. The third kappa shape index (κ3) is 4.06. The highest BCUT2D eigenvalue weighted by Crippen LogP contribution is 2.29. The number of imidazole rings is 1. The van der Waals surface area contributed by atoms with Gasteiger partial charge in [0.2, 0.25) is 5.91 Å². The molecule has 1 aromatic carbocycles. The first-order chi connectivity index (χ1) is 15.1. The minimum absolute atomic E-state index is 0.0133. The fourth-order valence-corrected chi connectivity index (χ4v) is 4.80. The molecule has 2 heterocycles. The summed E-state index contributed by atoms with van der Waals surface area (Å²) in [5.74, 6) is 0.749. The number of ether oxygens (including phenoxy) is 1. The molecule has 2 aromatic heterocycles. The average molecular weight is 420 g/mol. The lowest BCUT2D eigenvalue weighted by Gasteiger charge is -2.27. The number of hydrogen-bond acceptors (Lipinski definition) is 5. The fraction of sp³-hybridized carbons (Fsp3) is 0.500. The molecule has 0 unspecified atom stereocenters. The van der Waals surface area contributed by atoms with Crippen LogP contribution in [0.5, 0.6) is 0 Å². The van der Waals surface area contributed by atoms with E-state index in [1.807, 2.05) is 25.3 Å². The van der Waals surface area contributed by atoms with Gasteiger partial charge in [-0.15, -0.1) is 0 Å². The van der Waals surface area contributed by atoms with Crippen LogP contribution in [0.2, 0.25) is 0 Å². The molecule has 5 rings (SSSR count). The molecule has 162 valence electrons. The number of nitrogens with one attached hydrogen (secondary N) is 1. The summed E-state index contributed by atoms with van der Waals surface area (Å²) in [6, 6.07) is 6.04. The van der Waals surface area contributed by atoms with Crippen molar-refractivity contribution in [2.75, 3.05) is 12.4 Å². The zero-order valence-electron chi connectivity index (χ0n) is 18.2. The molecule has 2 atom stereocenters. The Morgan fingerprint density at radius 1 is 1.13 bits per heavy atom. The third-order valence-electron chi connectivity index (χ3n) is 6.65. The fourth-order valence-electron chi connectivity index (χ4n) is 4.80. The van der Waals surface area contributed by atoms with Gasteiger partial charge in [-0.05, 0) is 69.6 Å². The predicted octanol–water partition coefficient (Wildman–Crippen LogP) is 4.12. The van der Waals surface area contributed by atoms with Crippen molar-refractivity contribution >= 4 is 17.4 Å². The molecule has 7 nitrogen and oxygen atoms in total. The number of benzene rings is 1. The summed E-state index contributed by atoms with van der Waals surface area (Å²) in [5.41, 5.74) is 5.89. The summed E-state index contributed by atoms with van der Waals surface area (Å²) in [4.78, 5) is 22.2. The molecule has 31 heavy (non-hydrogen) atoms. The molecule has 0 spiro atoms. The lowest BCUT2D eigenvalue weighted by Crippen LogP contribution is -2.31. The second-order valence-electron chi connectivity index (χ2n) is 8.82. The molecular formula is C24H29N5O2. The minimum atomic E-state index is 0.0133. The van der Waals surface area contributed by atoms with Crippen molar-refractivity contribution in [3.8, 4) is 11.3 Å². The Balaban J connectivity index is 1.35. The van der Waals surface area contributed by atoms with Gasteiger partial charge in [0, 0.05) is 24.3 Å². The van der Waals surface area contributed by atoms with Crippen LogP contribution in [0.25, 0.3) is 17.0 Å². The summed E-state index contributed by atoms with van der Waals surface area (Å²) in [7, 11) is 1.73. The van der Waals surface area contributed by atoms with E-state index in [1.165, 1.54) is 12.8 Å². The zero-order valence-corrected chi connectivity index (χ0v) is 18.2. The van der Waals surface area contributed by atoms with Crippen LogP contribution in [0.4, 0.5) is 5.69 Å². The van der Waals surface area contributed by atoms with E-state index >= 15 is 0 Å². The molecule has 0 aliphatic heterocycles. The molecular weight excluding hydrogens is 390 g/mol. The number of hydrogen-bond donors (Lipinski definition) is 1. The van der Waals surface area contributed by atoms with Crippen molar-refractivity contribution in [2.24, 2.45) is 5.92 Å². The van der Waals surface area contributed by atoms with Gasteiger partial charge in [0.25, 0.3) is 5.78 Å². The monoisotopic (exact) mass is 419 g/mol. The molecule has 1 amide bonds. The maximum Gasteiger partial charge on any atom is 0.251 e. The van der Waals surface area contributed by atoms with Crippen LogP contribution in [0, 0.1) is 12.8 Å². The summed E-state index contributed by atoms with van der Waals surface area (Å²) in [6.45, 7) is 2.02. The standard InChI is InChI=1S/C24H29N5O2/c1-15-12-16(10-11-19(15)25-23(30)17-6-5-7-18(13-17)31-2)22-14-29-24(27-22)26-20-8-3-4-9-21(20)28-29/h10-12,14,17-18H,3-9,13H2,1-2H3,(H,25,30)/t17-,18-/m1/s1. The SMILES string of the molecule is CO[C@@H]1CCC[C@@H](C(=O)Nc2ccc(-c3cn4nc5c(nc4n3)CCCC5)cc2C)C1. The number of methoxy groups -OCH3 is 1. The Kier molecular flexibility index (Phi) is 5.44. The van der Waals surface area contributed by atoms with Crippen molar-refractivity contribution in [3.05, 3.63) is 41.3 Å². The Labute approximate surface area is 182 Å². The predicted molar refractivity (Wildman–Crippen MR) is 119 cm³/mol. The van der Waals surface area contributed by atoms with Gasteiger partial charge in [-0.3, -0.25) is 4.79 Å². The van der Waals surface area contributed by atoms with Crippen LogP contribution in [-0.4, -0.2) is 38.7 Å². The number of amides is 1. The number of carbonyl (C=O) groups excluding carboxylic acids is 1. The molecule has 1 fully saturated rings. The van der Waals surface area contributed by atoms with Crippen molar-refractivity contribution in [3.63, 3.8) is 0 Å². The van der Waals surface area contributed by atoms with Gasteiger partial charge >= 0.3 is 0 Å². The summed E-state index contributed by atoms with van der Waals surface area (Å²) < 4.78 is 7.26. The lowest BCUT2D eigenvalue weighted by atomic mass is 9.86. The minimum Gasteiger partial charge on any atom is -0.381 e. The number of aryl methyl sites for hydroxylation is 3. The molecule has 2 aliphatic carbocycles. The van der Waals surface area contributed by atoms with Gasteiger partial charge in [-0.25, -0.2) is 14.5 Å². The van der Waals surface area contributed by atoms with Gasteiger partial charge < -0.3 is 10.1 Å². The maximum absolute atomic E-state index is 12.8. The van der Waals surface area contributed by atoms with Crippen molar-refractivity contribution < 1.29 is 9.53 Å². The Morgan fingerprint density at radius 2 is 1.97 bits per heavy atom. The zero-order chi connectivity index (χ0) is 21.4. The van der Waals surface area contributed by atoms with Gasteiger partial charge in [0.1, 0.15) is 0 Å². The highest BCUT2D eigenvalue weighted by molar-refractivity contribution is 5.93. The van der Waals surface area contributed by atoms with Gasteiger partial charge in [-0.2, -0.15) is 5.10 Å². The van der Waals surface area contributed by atoms with E-state index in [0.717, 1.165) is 72.4 Å². The first-order valence-corrected chi connectivity index (χ1v) is 11.3. The first-order valence-electron chi connectivity index (χ1n) is 11.3. The van der Waals surface area contributed by atoms with E-state index < -0.39 is 0 Å². The van der Waals surface area contributed by atoms with Crippen LogP contribution in [-0.2, 0) is 22.4 Å². The topological polar surface area (TPSA) is 81.4 Å². The third-order valence-corrected chi connectivity index (χ3v) is 6.65. The molecule has 7 heteroatoms. The first kappa shape index (κ1) is 20.1. The van der Waals surface area contributed by atoms with E-state index in [1.54, 1.807) is 11.6 Å². The van der Waals surface area contributed by atoms with E-state index in [-0.39, 0.29) is 17.9 Å². The number of fused-ring (bicyclic) bond motifs is 2. The lowest BCUT2D eigenvalue weighted by molar-refractivity contribution is -0.122. The van der Waals surface area contributed by atoms with Crippen LogP contribution >= 0.6 is 0 Å². The van der Waals surface area contributed by atoms with E-state index in [9.17, 15) is 4.79 Å². The van der Waals surface area contributed by atoms with Crippen molar-refractivity contribution in [1.82, 2.24) is 19.6 Å². The second kappa shape index (κ2) is 8.38.